The Morgan fingerprint density at radius 2 is 1.97 bits per heavy atom. The molecule has 2 aliphatic heterocycles. The summed E-state index contributed by atoms with van der Waals surface area (Å²) in [5.74, 6) is 0.629. The molecule has 0 spiro atoms. The minimum absolute atomic E-state index is 0.0125. The molecule has 2 saturated heterocycles. The van der Waals surface area contributed by atoms with Gasteiger partial charge in [-0.1, -0.05) is 17.7 Å². The molecule has 2 aliphatic rings. The summed E-state index contributed by atoms with van der Waals surface area (Å²) >= 11 is 7.70. The fourth-order valence-electron chi connectivity index (χ4n) is 3.85. The van der Waals surface area contributed by atoms with E-state index in [-0.39, 0.29) is 5.91 Å². The number of piperazine rings is 1. The molecule has 0 bridgehead atoms. The van der Waals surface area contributed by atoms with E-state index in [4.69, 9.17) is 21.3 Å². The largest absolute Gasteiger partial charge is 0.481 e. The van der Waals surface area contributed by atoms with Crippen LogP contribution in [-0.4, -0.2) is 66.1 Å². The van der Waals surface area contributed by atoms with E-state index < -0.39 is 6.10 Å². The molecular weight excluding hydrogens is 408 g/mol. The Morgan fingerprint density at radius 1 is 1.21 bits per heavy atom. The minimum atomic E-state index is -0.535. The summed E-state index contributed by atoms with van der Waals surface area (Å²) in [6.07, 6.45) is 2.06. The van der Waals surface area contributed by atoms with Crippen molar-refractivity contribution in [2.75, 3.05) is 44.2 Å². The lowest BCUT2D eigenvalue weighted by molar-refractivity contribution is -0.138. The first kappa shape index (κ1) is 20.4. The highest BCUT2D eigenvalue weighted by Gasteiger charge is 2.27. The summed E-state index contributed by atoms with van der Waals surface area (Å²) in [5, 5.41) is 3.84. The van der Waals surface area contributed by atoms with E-state index in [1.165, 1.54) is 25.9 Å². The Balaban J connectivity index is 1.27. The van der Waals surface area contributed by atoms with Gasteiger partial charge in [-0.3, -0.25) is 9.69 Å². The highest BCUT2D eigenvalue weighted by Crippen LogP contribution is 2.24. The van der Waals surface area contributed by atoms with E-state index in [1.54, 1.807) is 30.4 Å². The number of anilines is 1. The van der Waals surface area contributed by atoms with Gasteiger partial charge in [0.05, 0.1) is 5.69 Å². The number of nitrogens with zero attached hydrogens (tertiary/aromatic N) is 4. The van der Waals surface area contributed by atoms with Crippen LogP contribution in [-0.2, 0) is 11.3 Å². The maximum absolute atomic E-state index is 12.8. The monoisotopic (exact) mass is 434 g/mol. The number of aromatic nitrogens is 1. The van der Waals surface area contributed by atoms with Gasteiger partial charge in [0.25, 0.3) is 5.91 Å². The van der Waals surface area contributed by atoms with Gasteiger partial charge in [-0.2, -0.15) is 0 Å². The summed E-state index contributed by atoms with van der Waals surface area (Å²) in [5.41, 5.74) is 1.16. The van der Waals surface area contributed by atoms with Gasteiger partial charge in [0.2, 0.25) is 0 Å². The summed E-state index contributed by atoms with van der Waals surface area (Å²) in [7, 11) is 0. The third-order valence-electron chi connectivity index (χ3n) is 5.44. The van der Waals surface area contributed by atoms with Crippen LogP contribution in [0.2, 0.25) is 5.02 Å². The first-order valence-electron chi connectivity index (χ1n) is 10.2. The molecule has 0 N–H and O–H groups in total. The number of likely N-dealkylation sites (tertiary alicyclic amines) is 1. The number of ether oxygens (including phenoxy) is 1. The first-order valence-corrected chi connectivity index (χ1v) is 11.5. The number of carbonyl (C=O) groups excluding carboxylic acids is 1. The maximum Gasteiger partial charge on any atom is 0.263 e. The predicted octanol–water partition coefficient (Wildman–Crippen LogP) is 3.51. The number of halogens is 1. The zero-order valence-electron chi connectivity index (χ0n) is 16.7. The van der Waals surface area contributed by atoms with E-state index in [9.17, 15) is 4.79 Å². The fraction of sp³-hybridized carbons (Fsp3) is 0.524. The Bertz CT molecular complexity index is 832. The third-order valence-corrected chi connectivity index (χ3v) is 6.63. The number of carbonyl (C=O) groups is 1. The molecule has 2 fully saturated rings. The molecular formula is C21H27ClN4O2S. The van der Waals surface area contributed by atoms with E-state index in [1.807, 2.05) is 17.0 Å². The standard InChI is InChI=1S/C21H27ClN4O2S/c1-16(28-19-6-4-5-17(22)13-19)20(27)25-9-11-26(12-10-25)21-23-18(15-29-21)14-24-7-2-3-8-24/h4-6,13,15-16H,2-3,7-12,14H2,1H3. The van der Waals surface area contributed by atoms with Crippen molar-refractivity contribution < 1.29 is 9.53 Å². The van der Waals surface area contributed by atoms with Crippen LogP contribution in [0.15, 0.2) is 29.6 Å². The number of amides is 1. The molecule has 1 atom stereocenters. The first-order chi connectivity index (χ1) is 14.1. The molecule has 1 amide bonds. The van der Waals surface area contributed by atoms with Gasteiger partial charge in [0.15, 0.2) is 11.2 Å². The lowest BCUT2D eigenvalue weighted by atomic mass is 10.2. The zero-order valence-corrected chi connectivity index (χ0v) is 18.3. The molecule has 0 radical (unpaired) electrons. The predicted molar refractivity (Wildman–Crippen MR) is 117 cm³/mol. The van der Waals surface area contributed by atoms with Crippen molar-refractivity contribution >= 4 is 34.0 Å². The molecule has 4 rings (SSSR count). The summed E-state index contributed by atoms with van der Waals surface area (Å²) in [6.45, 7) is 8.07. The van der Waals surface area contributed by atoms with Crippen LogP contribution >= 0.6 is 22.9 Å². The lowest BCUT2D eigenvalue weighted by Gasteiger charge is -2.35. The van der Waals surface area contributed by atoms with Gasteiger partial charge >= 0.3 is 0 Å². The van der Waals surface area contributed by atoms with E-state index in [0.29, 0.717) is 23.9 Å². The molecule has 29 heavy (non-hydrogen) atoms. The smallest absolute Gasteiger partial charge is 0.263 e. The molecule has 8 heteroatoms. The van der Waals surface area contributed by atoms with Crippen molar-refractivity contribution in [3.8, 4) is 5.75 Å². The molecule has 1 unspecified atom stereocenters. The fourth-order valence-corrected chi connectivity index (χ4v) is 4.90. The van der Waals surface area contributed by atoms with Crippen molar-refractivity contribution in [2.45, 2.75) is 32.4 Å². The van der Waals surface area contributed by atoms with Crippen molar-refractivity contribution in [1.29, 1.82) is 0 Å². The summed E-state index contributed by atoms with van der Waals surface area (Å²) in [6, 6.07) is 7.15. The second-order valence-corrected chi connectivity index (χ2v) is 8.91. The molecule has 6 nitrogen and oxygen atoms in total. The van der Waals surface area contributed by atoms with Crippen LogP contribution in [0.1, 0.15) is 25.5 Å². The SMILES string of the molecule is CC(Oc1cccc(Cl)c1)C(=O)N1CCN(c2nc(CN3CCCC3)cs2)CC1. The normalized spacial score (nSPS) is 18.8. The molecule has 3 heterocycles. The van der Waals surface area contributed by atoms with Crippen molar-refractivity contribution in [1.82, 2.24) is 14.8 Å². The van der Waals surface area contributed by atoms with Crippen molar-refractivity contribution in [2.24, 2.45) is 0 Å². The molecule has 1 aromatic heterocycles. The second-order valence-electron chi connectivity index (χ2n) is 7.63. The molecule has 2 aromatic rings. The second kappa shape index (κ2) is 9.32. The maximum atomic E-state index is 12.8. The van der Waals surface area contributed by atoms with E-state index >= 15 is 0 Å². The van der Waals surface area contributed by atoms with Crippen LogP contribution in [0, 0.1) is 0 Å². The quantitative estimate of drug-likeness (QED) is 0.696. The van der Waals surface area contributed by atoms with E-state index in [2.05, 4.69) is 15.2 Å². The Morgan fingerprint density at radius 3 is 2.69 bits per heavy atom. The minimum Gasteiger partial charge on any atom is -0.481 e. The van der Waals surface area contributed by atoms with Gasteiger partial charge in [-0.05, 0) is 51.1 Å². The average Bonchev–Trinajstić information content (AvgIpc) is 3.40. The van der Waals surface area contributed by atoms with Crippen LogP contribution in [0.3, 0.4) is 0 Å². The molecule has 1 aromatic carbocycles. The number of benzene rings is 1. The van der Waals surface area contributed by atoms with Gasteiger partial charge in [-0.15, -0.1) is 11.3 Å². The number of thiazole rings is 1. The number of rotatable bonds is 6. The van der Waals surface area contributed by atoms with E-state index in [0.717, 1.165) is 30.5 Å². The highest BCUT2D eigenvalue weighted by atomic mass is 35.5. The Hall–Kier alpha value is -1.83. The molecule has 0 saturated carbocycles. The zero-order chi connectivity index (χ0) is 20.2. The van der Waals surface area contributed by atoms with Crippen LogP contribution in [0.4, 0.5) is 5.13 Å². The van der Waals surface area contributed by atoms with Gasteiger partial charge in [0.1, 0.15) is 5.75 Å². The van der Waals surface area contributed by atoms with Crippen LogP contribution in [0.25, 0.3) is 0 Å². The Kier molecular flexibility index (Phi) is 6.57. The summed E-state index contributed by atoms with van der Waals surface area (Å²) in [4.78, 5) is 24.2. The van der Waals surface area contributed by atoms with Crippen molar-refractivity contribution in [3.05, 3.63) is 40.4 Å². The summed E-state index contributed by atoms with van der Waals surface area (Å²) < 4.78 is 5.78. The average molecular weight is 435 g/mol. The van der Waals surface area contributed by atoms with Crippen LogP contribution in [0.5, 0.6) is 5.75 Å². The lowest BCUT2D eigenvalue weighted by Crippen LogP contribution is -2.52. The Labute approximate surface area is 181 Å². The highest BCUT2D eigenvalue weighted by molar-refractivity contribution is 7.13. The number of hydrogen-bond acceptors (Lipinski definition) is 6. The molecule has 156 valence electrons. The topological polar surface area (TPSA) is 48.9 Å². The third kappa shape index (κ3) is 5.21. The van der Waals surface area contributed by atoms with Gasteiger partial charge < -0.3 is 14.5 Å². The van der Waals surface area contributed by atoms with Gasteiger partial charge in [-0.25, -0.2) is 4.98 Å². The van der Waals surface area contributed by atoms with Crippen LogP contribution < -0.4 is 9.64 Å². The number of hydrogen-bond donors (Lipinski definition) is 0. The van der Waals surface area contributed by atoms with Gasteiger partial charge in [0, 0.05) is 43.1 Å². The molecule has 0 aliphatic carbocycles. The van der Waals surface area contributed by atoms with Crippen molar-refractivity contribution in [3.63, 3.8) is 0 Å².